The average molecular weight is 317 g/mol. The summed E-state index contributed by atoms with van der Waals surface area (Å²) in [6, 6.07) is 6.15. The molecule has 0 amide bonds. The van der Waals surface area contributed by atoms with Gasteiger partial charge in [-0.15, -0.1) is 0 Å². The molecule has 1 N–H and O–H groups in total. The van der Waals surface area contributed by atoms with Crippen molar-refractivity contribution in [3.63, 3.8) is 0 Å². The van der Waals surface area contributed by atoms with Gasteiger partial charge in [0, 0.05) is 17.6 Å². The Labute approximate surface area is 117 Å². The van der Waals surface area contributed by atoms with Crippen LogP contribution in [-0.2, 0) is 6.54 Å². The van der Waals surface area contributed by atoms with E-state index in [1.165, 1.54) is 31.2 Å². The summed E-state index contributed by atoms with van der Waals surface area (Å²) in [5.41, 5.74) is 1.87. The van der Waals surface area contributed by atoms with Gasteiger partial charge in [-0.2, -0.15) is 0 Å². The molecule has 1 aliphatic rings. The summed E-state index contributed by atoms with van der Waals surface area (Å²) in [6.07, 6.45) is 5.46. The van der Waals surface area contributed by atoms with Crippen molar-refractivity contribution in [2.75, 3.05) is 6.54 Å². The Morgan fingerprint density at radius 1 is 1.41 bits per heavy atom. The molecule has 0 spiro atoms. The second-order valence-electron chi connectivity index (χ2n) is 5.10. The first-order valence-corrected chi connectivity index (χ1v) is 7.47. The Balaban J connectivity index is 1.80. The summed E-state index contributed by atoms with van der Waals surface area (Å²) >= 11 is 9.48. The quantitative estimate of drug-likeness (QED) is 0.797. The van der Waals surface area contributed by atoms with Crippen LogP contribution in [0.2, 0.25) is 5.02 Å². The smallest absolute Gasteiger partial charge is 0.0551 e. The number of rotatable bonds is 6. The van der Waals surface area contributed by atoms with Gasteiger partial charge in [-0.1, -0.05) is 31.0 Å². The zero-order chi connectivity index (χ0) is 12.3. The molecule has 0 aliphatic heterocycles. The zero-order valence-electron chi connectivity index (χ0n) is 10.2. The predicted octanol–water partition coefficient (Wildman–Crippen LogP) is 4.77. The molecule has 17 heavy (non-hydrogen) atoms. The van der Waals surface area contributed by atoms with E-state index in [9.17, 15) is 0 Å². The first kappa shape index (κ1) is 13.4. The molecule has 2 rings (SSSR count). The monoisotopic (exact) mass is 315 g/mol. The number of hydrogen-bond donors (Lipinski definition) is 1. The maximum absolute atomic E-state index is 6.07. The molecule has 94 valence electrons. The number of benzene rings is 1. The third-order valence-electron chi connectivity index (χ3n) is 3.55. The summed E-state index contributed by atoms with van der Waals surface area (Å²) < 4.78 is 0.965. The van der Waals surface area contributed by atoms with Gasteiger partial charge < -0.3 is 5.32 Å². The molecule has 0 saturated heterocycles. The molecule has 0 heterocycles. The Morgan fingerprint density at radius 3 is 2.76 bits per heavy atom. The van der Waals surface area contributed by atoms with Gasteiger partial charge in [-0.05, 0) is 58.3 Å². The van der Waals surface area contributed by atoms with Crippen LogP contribution in [0.1, 0.15) is 38.2 Å². The highest BCUT2D eigenvalue weighted by molar-refractivity contribution is 9.10. The largest absolute Gasteiger partial charge is 0.312 e. The third kappa shape index (κ3) is 3.70. The molecule has 0 aromatic heterocycles. The van der Waals surface area contributed by atoms with Gasteiger partial charge in [-0.25, -0.2) is 0 Å². The fourth-order valence-corrected chi connectivity index (χ4v) is 2.79. The Hall–Kier alpha value is -0.0500. The van der Waals surface area contributed by atoms with Gasteiger partial charge in [0.25, 0.3) is 0 Å². The van der Waals surface area contributed by atoms with E-state index in [2.05, 4.69) is 34.2 Å². The Bertz CT molecular complexity index is 388. The summed E-state index contributed by atoms with van der Waals surface area (Å²) in [6.45, 7) is 4.33. The summed E-state index contributed by atoms with van der Waals surface area (Å²) in [5, 5.41) is 4.35. The molecule has 1 aromatic carbocycles. The van der Waals surface area contributed by atoms with Crippen LogP contribution in [0.15, 0.2) is 22.7 Å². The maximum Gasteiger partial charge on any atom is 0.0551 e. The van der Waals surface area contributed by atoms with Crippen molar-refractivity contribution in [2.45, 2.75) is 39.2 Å². The fourth-order valence-electron chi connectivity index (χ4n) is 2.34. The van der Waals surface area contributed by atoms with Crippen molar-refractivity contribution >= 4 is 27.5 Å². The number of halogens is 2. The number of nitrogens with one attached hydrogen (secondary N) is 1. The molecule has 1 saturated carbocycles. The van der Waals surface area contributed by atoms with Gasteiger partial charge in [0.1, 0.15) is 0 Å². The minimum absolute atomic E-state index is 0.619. The van der Waals surface area contributed by atoms with Crippen LogP contribution in [0.4, 0.5) is 0 Å². The van der Waals surface area contributed by atoms with Gasteiger partial charge in [0.15, 0.2) is 0 Å². The molecule has 1 aromatic rings. The van der Waals surface area contributed by atoms with Crippen LogP contribution in [0.3, 0.4) is 0 Å². The summed E-state index contributed by atoms with van der Waals surface area (Å²) in [7, 11) is 0. The van der Waals surface area contributed by atoms with E-state index >= 15 is 0 Å². The lowest BCUT2D eigenvalue weighted by atomic mass is 10.0. The minimum atomic E-state index is 0.619. The van der Waals surface area contributed by atoms with Crippen molar-refractivity contribution in [2.24, 2.45) is 5.41 Å². The van der Waals surface area contributed by atoms with E-state index in [1.54, 1.807) is 0 Å². The van der Waals surface area contributed by atoms with Crippen LogP contribution in [0.5, 0.6) is 0 Å². The molecule has 1 nitrogen and oxygen atoms in total. The molecular weight excluding hydrogens is 298 g/mol. The minimum Gasteiger partial charge on any atom is -0.312 e. The lowest BCUT2D eigenvalue weighted by molar-refractivity contribution is 0.421. The lowest BCUT2D eigenvalue weighted by Crippen LogP contribution is -2.23. The Kier molecular flexibility index (Phi) is 4.51. The first-order valence-electron chi connectivity index (χ1n) is 6.30. The summed E-state index contributed by atoms with van der Waals surface area (Å²) in [5.74, 6) is 0. The predicted molar refractivity (Wildman–Crippen MR) is 77.4 cm³/mol. The van der Waals surface area contributed by atoms with Crippen LogP contribution >= 0.6 is 27.5 Å². The third-order valence-corrected chi connectivity index (χ3v) is 4.78. The number of hydrogen-bond acceptors (Lipinski definition) is 1. The highest BCUT2D eigenvalue weighted by Gasteiger charge is 2.40. The van der Waals surface area contributed by atoms with E-state index in [4.69, 9.17) is 11.6 Å². The van der Waals surface area contributed by atoms with Crippen LogP contribution < -0.4 is 5.32 Å². The zero-order valence-corrected chi connectivity index (χ0v) is 12.6. The fraction of sp³-hybridized carbons (Fsp3) is 0.571. The Morgan fingerprint density at radius 2 is 2.18 bits per heavy atom. The van der Waals surface area contributed by atoms with Gasteiger partial charge >= 0.3 is 0 Å². The molecule has 3 heteroatoms. The summed E-state index contributed by atoms with van der Waals surface area (Å²) in [4.78, 5) is 0. The second kappa shape index (κ2) is 5.73. The van der Waals surface area contributed by atoms with E-state index in [-0.39, 0.29) is 0 Å². The standard InChI is InChI=1S/C14H19BrClN/c1-2-5-14(6-7-14)10-17-9-11-3-4-12(15)13(16)8-11/h3-4,8,17H,2,5-7,9-10H2,1H3. The second-order valence-corrected chi connectivity index (χ2v) is 6.36. The molecule has 0 radical (unpaired) electrons. The SMILES string of the molecule is CCCC1(CNCc2ccc(Br)c(Cl)c2)CC1. The topological polar surface area (TPSA) is 12.0 Å². The normalized spacial score (nSPS) is 17.1. The molecule has 1 aliphatic carbocycles. The van der Waals surface area contributed by atoms with Gasteiger partial charge in [0.05, 0.1) is 5.02 Å². The van der Waals surface area contributed by atoms with Gasteiger partial charge in [-0.3, -0.25) is 0 Å². The van der Waals surface area contributed by atoms with Crippen molar-refractivity contribution < 1.29 is 0 Å². The molecule has 0 bridgehead atoms. The van der Waals surface area contributed by atoms with E-state index in [0.29, 0.717) is 5.41 Å². The van der Waals surface area contributed by atoms with E-state index < -0.39 is 0 Å². The van der Waals surface area contributed by atoms with E-state index in [1.807, 2.05) is 12.1 Å². The highest BCUT2D eigenvalue weighted by atomic mass is 79.9. The molecule has 0 unspecified atom stereocenters. The lowest BCUT2D eigenvalue weighted by Gasteiger charge is -2.15. The van der Waals surface area contributed by atoms with Gasteiger partial charge in [0.2, 0.25) is 0 Å². The van der Waals surface area contributed by atoms with Crippen molar-refractivity contribution in [3.05, 3.63) is 33.3 Å². The maximum atomic E-state index is 6.07. The van der Waals surface area contributed by atoms with Crippen molar-refractivity contribution in [3.8, 4) is 0 Å². The van der Waals surface area contributed by atoms with Crippen LogP contribution in [0, 0.1) is 5.41 Å². The van der Waals surface area contributed by atoms with Crippen molar-refractivity contribution in [1.29, 1.82) is 0 Å². The first-order chi connectivity index (χ1) is 8.15. The van der Waals surface area contributed by atoms with Crippen LogP contribution in [0.25, 0.3) is 0 Å². The van der Waals surface area contributed by atoms with E-state index in [0.717, 1.165) is 22.6 Å². The molecular formula is C14H19BrClN. The highest BCUT2D eigenvalue weighted by Crippen LogP contribution is 2.48. The van der Waals surface area contributed by atoms with Crippen molar-refractivity contribution in [1.82, 2.24) is 5.32 Å². The molecule has 1 fully saturated rings. The average Bonchev–Trinajstić information content (AvgIpc) is 3.04. The molecule has 0 atom stereocenters. The van der Waals surface area contributed by atoms with Crippen LogP contribution in [-0.4, -0.2) is 6.54 Å².